The number of likely N-dealkylation sites (tertiary alicyclic amines) is 1. The molecule has 0 aromatic carbocycles. The van der Waals surface area contributed by atoms with E-state index in [4.69, 9.17) is 4.74 Å². The van der Waals surface area contributed by atoms with Crippen LogP contribution in [0.4, 0.5) is 4.79 Å². The Hall–Kier alpha value is -1.52. The maximum Gasteiger partial charge on any atom is 0.410 e. The number of rotatable bonds is 4. The van der Waals surface area contributed by atoms with Gasteiger partial charge in [0.2, 0.25) is 0 Å². The zero-order valence-electron chi connectivity index (χ0n) is 10.4. The van der Waals surface area contributed by atoms with Crippen molar-refractivity contribution < 1.29 is 19.4 Å². The normalized spacial score (nSPS) is 22.3. The first-order valence-corrected chi connectivity index (χ1v) is 6.36. The number of nitrogens with zero attached hydrogens (tertiary/aromatic N) is 1. The minimum atomic E-state index is -0.671. The lowest BCUT2D eigenvalue weighted by Gasteiger charge is -2.34. The highest BCUT2D eigenvalue weighted by Crippen LogP contribution is 2.55. The lowest BCUT2D eigenvalue weighted by molar-refractivity contribution is -0.146. The van der Waals surface area contributed by atoms with Gasteiger partial charge in [-0.3, -0.25) is 4.79 Å². The molecule has 1 heterocycles. The lowest BCUT2D eigenvalue weighted by Crippen LogP contribution is -2.42. The Bertz CT molecular complexity index is 354. The molecule has 1 saturated carbocycles. The molecule has 1 N–H and O–H groups in total. The first-order chi connectivity index (χ1) is 8.60. The van der Waals surface area contributed by atoms with E-state index in [0.717, 1.165) is 25.7 Å². The lowest BCUT2D eigenvalue weighted by atomic mass is 9.81. The Balaban J connectivity index is 1.83. The van der Waals surface area contributed by atoms with Gasteiger partial charge in [0.1, 0.15) is 6.61 Å². The minimum absolute atomic E-state index is 0.207. The molecule has 1 aliphatic heterocycles. The van der Waals surface area contributed by atoms with Crippen molar-refractivity contribution in [1.29, 1.82) is 0 Å². The first-order valence-electron chi connectivity index (χ1n) is 6.36. The fourth-order valence-electron chi connectivity index (χ4n) is 2.77. The number of amides is 1. The molecule has 0 aromatic rings. The Morgan fingerprint density at radius 1 is 1.39 bits per heavy atom. The van der Waals surface area contributed by atoms with E-state index in [1.165, 1.54) is 6.08 Å². The van der Waals surface area contributed by atoms with Crippen molar-refractivity contribution >= 4 is 12.1 Å². The van der Waals surface area contributed by atoms with Crippen LogP contribution in [0, 0.1) is 11.3 Å². The van der Waals surface area contributed by atoms with Crippen LogP contribution in [0.15, 0.2) is 12.7 Å². The van der Waals surface area contributed by atoms with Gasteiger partial charge in [-0.05, 0) is 31.6 Å². The van der Waals surface area contributed by atoms with E-state index in [1.54, 1.807) is 4.90 Å². The van der Waals surface area contributed by atoms with Gasteiger partial charge in [0.25, 0.3) is 0 Å². The molecule has 2 aliphatic rings. The average Bonchev–Trinajstić information content (AvgIpc) is 3.17. The third-order valence-corrected chi connectivity index (χ3v) is 4.07. The topological polar surface area (TPSA) is 66.8 Å². The molecule has 1 amide bonds. The van der Waals surface area contributed by atoms with Gasteiger partial charge in [-0.15, -0.1) is 0 Å². The summed E-state index contributed by atoms with van der Waals surface area (Å²) in [6.07, 6.45) is 4.30. The van der Waals surface area contributed by atoms with Crippen LogP contribution in [-0.2, 0) is 9.53 Å². The minimum Gasteiger partial charge on any atom is -0.481 e. The van der Waals surface area contributed by atoms with Crippen LogP contribution in [0.3, 0.4) is 0 Å². The van der Waals surface area contributed by atoms with Crippen LogP contribution in [-0.4, -0.2) is 41.8 Å². The molecule has 100 valence electrons. The van der Waals surface area contributed by atoms with E-state index >= 15 is 0 Å². The van der Waals surface area contributed by atoms with Crippen LogP contribution in [0.25, 0.3) is 0 Å². The summed E-state index contributed by atoms with van der Waals surface area (Å²) < 4.78 is 4.97. The number of aliphatic carboxylic acids is 1. The number of hydrogen-bond acceptors (Lipinski definition) is 3. The van der Waals surface area contributed by atoms with Crippen molar-refractivity contribution in [2.45, 2.75) is 25.7 Å². The third-order valence-electron chi connectivity index (χ3n) is 4.07. The van der Waals surface area contributed by atoms with E-state index in [-0.39, 0.29) is 18.6 Å². The van der Waals surface area contributed by atoms with Gasteiger partial charge in [-0.25, -0.2) is 4.79 Å². The Labute approximate surface area is 106 Å². The number of ether oxygens (including phenoxy) is 1. The Morgan fingerprint density at radius 3 is 2.44 bits per heavy atom. The van der Waals surface area contributed by atoms with Crippen LogP contribution in [0.1, 0.15) is 25.7 Å². The van der Waals surface area contributed by atoms with Crippen LogP contribution in [0.5, 0.6) is 0 Å². The Kier molecular flexibility index (Phi) is 3.59. The third kappa shape index (κ3) is 2.35. The van der Waals surface area contributed by atoms with E-state index in [2.05, 4.69) is 6.58 Å². The van der Waals surface area contributed by atoms with Gasteiger partial charge in [0.05, 0.1) is 5.41 Å². The van der Waals surface area contributed by atoms with Gasteiger partial charge in [0, 0.05) is 13.1 Å². The predicted octanol–water partition coefficient (Wildman–Crippen LogP) is 1.89. The first kappa shape index (κ1) is 12.9. The highest BCUT2D eigenvalue weighted by molar-refractivity contribution is 5.78. The molecule has 0 unspecified atom stereocenters. The summed E-state index contributed by atoms with van der Waals surface area (Å²) in [6, 6.07) is 0. The number of piperidine rings is 1. The number of carboxylic acids is 1. The highest BCUT2D eigenvalue weighted by Gasteiger charge is 2.56. The fraction of sp³-hybridized carbons (Fsp3) is 0.692. The molecule has 1 aliphatic carbocycles. The van der Waals surface area contributed by atoms with E-state index < -0.39 is 11.4 Å². The Morgan fingerprint density at radius 2 is 2.00 bits per heavy atom. The molecule has 0 radical (unpaired) electrons. The van der Waals surface area contributed by atoms with Gasteiger partial charge in [-0.2, -0.15) is 0 Å². The fourth-order valence-corrected chi connectivity index (χ4v) is 2.77. The van der Waals surface area contributed by atoms with Gasteiger partial charge >= 0.3 is 12.1 Å². The van der Waals surface area contributed by atoms with Crippen molar-refractivity contribution in [3.8, 4) is 0 Å². The van der Waals surface area contributed by atoms with Crippen LogP contribution in [0.2, 0.25) is 0 Å². The molecule has 0 spiro atoms. The maximum absolute atomic E-state index is 11.6. The summed E-state index contributed by atoms with van der Waals surface area (Å²) >= 11 is 0. The number of carbonyl (C=O) groups excluding carboxylic acids is 1. The average molecular weight is 253 g/mol. The molecule has 5 nitrogen and oxygen atoms in total. The molecule has 2 fully saturated rings. The maximum atomic E-state index is 11.6. The second-order valence-electron chi connectivity index (χ2n) is 5.09. The zero-order chi connectivity index (χ0) is 13.2. The highest BCUT2D eigenvalue weighted by atomic mass is 16.6. The standard InChI is InChI=1S/C13H19NO4/c1-2-9-18-12(17)14-7-3-10(4-8-14)13(5-6-13)11(15)16/h2,10H,1,3-9H2,(H,15,16). The second-order valence-corrected chi connectivity index (χ2v) is 5.09. The van der Waals surface area contributed by atoms with Crippen LogP contribution >= 0.6 is 0 Å². The van der Waals surface area contributed by atoms with E-state index in [9.17, 15) is 14.7 Å². The van der Waals surface area contributed by atoms with Crippen LogP contribution < -0.4 is 0 Å². The van der Waals surface area contributed by atoms with Gasteiger partial charge in [-0.1, -0.05) is 12.7 Å². The van der Waals surface area contributed by atoms with Crippen molar-refractivity contribution in [2.75, 3.05) is 19.7 Å². The molecule has 0 bridgehead atoms. The molecule has 5 heteroatoms. The molecule has 18 heavy (non-hydrogen) atoms. The quantitative estimate of drug-likeness (QED) is 0.777. The van der Waals surface area contributed by atoms with Crippen molar-refractivity contribution in [3.63, 3.8) is 0 Å². The number of carboxylic acid groups (broad SMARTS) is 1. The molecule has 2 rings (SSSR count). The van der Waals surface area contributed by atoms with Crippen molar-refractivity contribution in [1.82, 2.24) is 4.90 Å². The van der Waals surface area contributed by atoms with E-state index in [1.807, 2.05) is 0 Å². The summed E-state index contributed by atoms with van der Waals surface area (Å²) in [7, 11) is 0. The number of carbonyl (C=O) groups is 2. The predicted molar refractivity (Wildman–Crippen MR) is 65.1 cm³/mol. The monoisotopic (exact) mass is 253 g/mol. The van der Waals surface area contributed by atoms with E-state index in [0.29, 0.717) is 13.1 Å². The molecular formula is C13H19NO4. The summed E-state index contributed by atoms with van der Waals surface area (Å²) in [4.78, 5) is 24.5. The molecular weight excluding hydrogens is 234 g/mol. The van der Waals surface area contributed by atoms with Gasteiger partial charge in [0.15, 0.2) is 0 Å². The summed E-state index contributed by atoms with van der Waals surface area (Å²) in [5.74, 6) is -0.464. The molecule has 1 saturated heterocycles. The SMILES string of the molecule is C=CCOC(=O)N1CCC(C2(C(=O)O)CC2)CC1. The molecule has 0 aromatic heterocycles. The summed E-state index contributed by atoms with van der Waals surface area (Å²) in [6.45, 7) is 4.89. The number of hydrogen-bond donors (Lipinski definition) is 1. The summed E-state index contributed by atoms with van der Waals surface area (Å²) in [5.41, 5.74) is -0.489. The van der Waals surface area contributed by atoms with Crippen molar-refractivity contribution in [3.05, 3.63) is 12.7 Å². The largest absolute Gasteiger partial charge is 0.481 e. The zero-order valence-corrected chi connectivity index (χ0v) is 10.4. The van der Waals surface area contributed by atoms with Crippen molar-refractivity contribution in [2.24, 2.45) is 11.3 Å². The second kappa shape index (κ2) is 5.00. The van der Waals surface area contributed by atoms with Gasteiger partial charge < -0.3 is 14.7 Å². The molecule has 0 atom stereocenters. The smallest absolute Gasteiger partial charge is 0.410 e. The summed E-state index contributed by atoms with van der Waals surface area (Å²) in [5, 5.41) is 9.23.